The van der Waals surface area contributed by atoms with E-state index >= 15 is 0 Å². The Kier molecular flexibility index (Phi) is 5.27. The van der Waals surface area contributed by atoms with Gasteiger partial charge < -0.3 is 14.4 Å². The van der Waals surface area contributed by atoms with Crippen LogP contribution in [-0.2, 0) is 11.2 Å². The first-order valence-electron chi connectivity index (χ1n) is 8.46. The van der Waals surface area contributed by atoms with E-state index in [9.17, 15) is 4.79 Å². The van der Waals surface area contributed by atoms with Crippen molar-refractivity contribution in [1.29, 1.82) is 0 Å². The van der Waals surface area contributed by atoms with Gasteiger partial charge in [0.2, 0.25) is 5.91 Å². The first-order chi connectivity index (χ1) is 11.7. The van der Waals surface area contributed by atoms with Gasteiger partial charge >= 0.3 is 0 Å². The zero-order valence-corrected chi connectivity index (χ0v) is 14.2. The highest BCUT2D eigenvalue weighted by Gasteiger charge is 2.32. The molecular weight excluding hydrogens is 304 g/mol. The van der Waals surface area contributed by atoms with E-state index < -0.39 is 0 Å². The van der Waals surface area contributed by atoms with Gasteiger partial charge in [-0.15, -0.1) is 12.3 Å². The second-order valence-electron chi connectivity index (χ2n) is 6.28. The number of hydrogen-bond acceptors (Lipinski definition) is 4. The summed E-state index contributed by atoms with van der Waals surface area (Å²) in [6.07, 6.45) is 6.79. The summed E-state index contributed by atoms with van der Waals surface area (Å²) in [6.45, 7) is 4.66. The van der Waals surface area contributed by atoms with Crippen molar-refractivity contribution in [2.24, 2.45) is 5.92 Å². The molecule has 2 heterocycles. The van der Waals surface area contributed by atoms with Gasteiger partial charge in [0, 0.05) is 39.1 Å². The average Bonchev–Trinajstić information content (AvgIpc) is 2.65. The van der Waals surface area contributed by atoms with Crippen molar-refractivity contribution in [1.82, 2.24) is 9.80 Å². The predicted octanol–water partition coefficient (Wildman–Crippen LogP) is 1.41. The number of amides is 1. The van der Waals surface area contributed by atoms with Crippen molar-refractivity contribution in [3.63, 3.8) is 0 Å². The molecular formula is C19H24N2O3. The molecule has 1 aromatic rings. The lowest BCUT2D eigenvalue weighted by Crippen LogP contribution is -2.51. The predicted molar refractivity (Wildman–Crippen MR) is 92.2 cm³/mol. The number of benzene rings is 1. The van der Waals surface area contributed by atoms with Crippen LogP contribution in [0, 0.1) is 18.3 Å². The van der Waals surface area contributed by atoms with E-state index in [4.69, 9.17) is 15.9 Å². The van der Waals surface area contributed by atoms with Gasteiger partial charge in [-0.05, 0) is 18.1 Å². The number of carbonyl (C=O) groups excluding carboxylic acids is 1. The lowest BCUT2D eigenvalue weighted by molar-refractivity contribution is -0.138. The molecule has 1 aromatic carbocycles. The maximum absolute atomic E-state index is 12.8. The van der Waals surface area contributed by atoms with Crippen molar-refractivity contribution in [3.8, 4) is 23.8 Å². The van der Waals surface area contributed by atoms with Crippen molar-refractivity contribution in [2.75, 3.05) is 46.4 Å². The number of piperazine rings is 1. The van der Waals surface area contributed by atoms with Crippen molar-refractivity contribution < 1.29 is 14.3 Å². The molecule has 0 spiro atoms. The number of ether oxygens (including phenoxy) is 2. The molecule has 0 bridgehead atoms. The SMILES string of the molecule is C#CCCN1CCN(C(=O)C2COc3c(cccc3OC)C2)CC1. The zero-order valence-electron chi connectivity index (χ0n) is 14.2. The first kappa shape index (κ1) is 16.7. The molecule has 0 aliphatic carbocycles. The molecule has 128 valence electrons. The Morgan fingerprint density at radius 2 is 2.17 bits per heavy atom. The van der Waals surface area contributed by atoms with Gasteiger partial charge in [0.05, 0.1) is 13.0 Å². The van der Waals surface area contributed by atoms with Crippen molar-refractivity contribution in [2.45, 2.75) is 12.8 Å². The summed E-state index contributed by atoms with van der Waals surface area (Å²) in [5.41, 5.74) is 1.05. The fourth-order valence-electron chi connectivity index (χ4n) is 3.39. The van der Waals surface area contributed by atoms with Crippen molar-refractivity contribution in [3.05, 3.63) is 23.8 Å². The summed E-state index contributed by atoms with van der Waals surface area (Å²) in [4.78, 5) is 17.1. The average molecular weight is 328 g/mol. The van der Waals surface area contributed by atoms with Crippen LogP contribution in [0.15, 0.2) is 18.2 Å². The smallest absolute Gasteiger partial charge is 0.229 e. The summed E-state index contributed by atoms with van der Waals surface area (Å²) in [5, 5.41) is 0. The van der Waals surface area contributed by atoms with Crippen LogP contribution in [0.25, 0.3) is 0 Å². The van der Waals surface area contributed by atoms with Crippen LogP contribution in [0.5, 0.6) is 11.5 Å². The Balaban J connectivity index is 1.58. The summed E-state index contributed by atoms with van der Waals surface area (Å²) in [7, 11) is 1.63. The first-order valence-corrected chi connectivity index (χ1v) is 8.46. The maximum atomic E-state index is 12.8. The second-order valence-corrected chi connectivity index (χ2v) is 6.28. The van der Waals surface area contributed by atoms with E-state index in [0.29, 0.717) is 13.0 Å². The van der Waals surface area contributed by atoms with Gasteiger partial charge in [-0.2, -0.15) is 0 Å². The van der Waals surface area contributed by atoms with Crippen LogP contribution in [0.3, 0.4) is 0 Å². The fourth-order valence-corrected chi connectivity index (χ4v) is 3.39. The van der Waals surface area contributed by atoms with E-state index in [1.54, 1.807) is 7.11 Å². The van der Waals surface area contributed by atoms with E-state index in [-0.39, 0.29) is 11.8 Å². The number of rotatable bonds is 4. The number of para-hydroxylation sites is 1. The molecule has 1 amide bonds. The summed E-state index contributed by atoms with van der Waals surface area (Å²) in [5.74, 6) is 4.27. The molecule has 1 saturated heterocycles. The van der Waals surface area contributed by atoms with Crippen LogP contribution in [0.1, 0.15) is 12.0 Å². The molecule has 0 saturated carbocycles. The number of hydrogen-bond donors (Lipinski definition) is 0. The normalized spacial score (nSPS) is 20.7. The van der Waals surface area contributed by atoms with Crippen LogP contribution in [0.2, 0.25) is 0 Å². The third-order valence-corrected chi connectivity index (χ3v) is 4.78. The van der Waals surface area contributed by atoms with E-state index in [0.717, 1.165) is 56.2 Å². The van der Waals surface area contributed by atoms with Gasteiger partial charge in [0.15, 0.2) is 11.5 Å². The lowest BCUT2D eigenvalue weighted by Gasteiger charge is -2.37. The molecule has 0 N–H and O–H groups in total. The maximum Gasteiger partial charge on any atom is 0.229 e. The van der Waals surface area contributed by atoms with E-state index in [2.05, 4.69) is 10.8 Å². The summed E-state index contributed by atoms with van der Waals surface area (Å²) >= 11 is 0. The fraction of sp³-hybridized carbons (Fsp3) is 0.526. The highest BCUT2D eigenvalue weighted by Crippen LogP contribution is 2.36. The molecule has 3 rings (SSSR count). The quantitative estimate of drug-likeness (QED) is 0.784. The van der Waals surface area contributed by atoms with Crippen LogP contribution in [-0.4, -0.2) is 62.1 Å². The molecule has 5 nitrogen and oxygen atoms in total. The summed E-state index contributed by atoms with van der Waals surface area (Å²) < 4.78 is 11.2. The standard InChI is InChI=1S/C19H24N2O3/c1-3-4-8-20-9-11-21(12-10-20)19(22)16-13-15-6-5-7-17(23-2)18(15)24-14-16/h1,5-7,16H,4,8-14H2,2H3. The number of terminal acetylenes is 1. The van der Waals surface area contributed by atoms with E-state index in [1.165, 1.54) is 0 Å². The highest BCUT2D eigenvalue weighted by molar-refractivity contribution is 5.80. The molecule has 0 aromatic heterocycles. The van der Waals surface area contributed by atoms with Crippen LogP contribution < -0.4 is 9.47 Å². The Morgan fingerprint density at radius 1 is 1.38 bits per heavy atom. The number of carbonyl (C=O) groups is 1. The lowest BCUT2D eigenvalue weighted by atomic mass is 9.95. The Morgan fingerprint density at radius 3 is 2.88 bits per heavy atom. The summed E-state index contributed by atoms with van der Waals surface area (Å²) in [6, 6.07) is 5.84. The minimum atomic E-state index is -0.109. The topological polar surface area (TPSA) is 42.0 Å². The molecule has 1 fully saturated rings. The van der Waals surface area contributed by atoms with Crippen LogP contribution >= 0.6 is 0 Å². The molecule has 2 aliphatic rings. The third-order valence-electron chi connectivity index (χ3n) is 4.78. The molecule has 0 radical (unpaired) electrons. The zero-order chi connectivity index (χ0) is 16.9. The number of nitrogens with zero attached hydrogens (tertiary/aromatic N) is 2. The van der Waals surface area contributed by atoms with E-state index in [1.807, 2.05) is 23.1 Å². The van der Waals surface area contributed by atoms with Gasteiger partial charge in [-0.3, -0.25) is 9.69 Å². The van der Waals surface area contributed by atoms with Crippen molar-refractivity contribution >= 4 is 5.91 Å². The highest BCUT2D eigenvalue weighted by atomic mass is 16.5. The second kappa shape index (κ2) is 7.59. The minimum Gasteiger partial charge on any atom is -0.493 e. The van der Waals surface area contributed by atoms with Gasteiger partial charge in [0.1, 0.15) is 6.61 Å². The molecule has 2 aliphatic heterocycles. The van der Waals surface area contributed by atoms with Gasteiger partial charge in [-0.1, -0.05) is 12.1 Å². The Labute approximate surface area is 143 Å². The number of fused-ring (bicyclic) bond motifs is 1. The molecule has 5 heteroatoms. The monoisotopic (exact) mass is 328 g/mol. The molecule has 1 unspecified atom stereocenters. The molecule has 1 atom stereocenters. The Hall–Kier alpha value is -2.19. The Bertz CT molecular complexity index is 630. The van der Waals surface area contributed by atoms with Gasteiger partial charge in [-0.25, -0.2) is 0 Å². The minimum absolute atomic E-state index is 0.109. The van der Waals surface area contributed by atoms with Gasteiger partial charge in [0.25, 0.3) is 0 Å². The number of methoxy groups -OCH3 is 1. The van der Waals surface area contributed by atoms with Crippen LogP contribution in [0.4, 0.5) is 0 Å². The largest absolute Gasteiger partial charge is 0.493 e. The molecule has 24 heavy (non-hydrogen) atoms. The third kappa shape index (κ3) is 3.49.